The molecule has 0 heterocycles. The predicted molar refractivity (Wildman–Crippen MR) is 92.3 cm³/mol. The Kier molecular flexibility index (Phi) is 7.23. The number of hydrogen-bond acceptors (Lipinski definition) is 3. The van der Waals surface area contributed by atoms with E-state index in [1.165, 1.54) is 0 Å². The molecule has 0 aliphatic carbocycles. The first kappa shape index (κ1) is 19.5. The Balaban J connectivity index is 1.85. The van der Waals surface area contributed by atoms with Crippen LogP contribution in [0.4, 0.5) is 8.78 Å². The number of carbonyl (C=O) groups is 2. The molecule has 5 nitrogen and oxygen atoms in total. The molecule has 2 rings (SSSR count). The second-order valence-corrected chi connectivity index (χ2v) is 5.52. The van der Waals surface area contributed by atoms with Crippen molar-refractivity contribution in [2.75, 3.05) is 13.2 Å². The molecular formula is C19H20F2N2O3. The molecule has 2 aromatic carbocycles. The quantitative estimate of drug-likeness (QED) is 0.758. The minimum atomic E-state index is -0.856. The molecular weight excluding hydrogens is 342 g/mol. The summed E-state index contributed by atoms with van der Waals surface area (Å²) in [7, 11) is 0. The van der Waals surface area contributed by atoms with Crippen molar-refractivity contribution in [3.05, 3.63) is 70.8 Å². The van der Waals surface area contributed by atoms with Crippen molar-refractivity contribution in [1.29, 1.82) is 0 Å². The highest BCUT2D eigenvalue weighted by Gasteiger charge is 2.11. The number of ether oxygens (including phenoxy) is 1. The Morgan fingerprint density at radius 3 is 2.31 bits per heavy atom. The van der Waals surface area contributed by atoms with Gasteiger partial charge in [0.2, 0.25) is 5.91 Å². The van der Waals surface area contributed by atoms with Crippen molar-refractivity contribution in [1.82, 2.24) is 10.6 Å². The van der Waals surface area contributed by atoms with Crippen LogP contribution in [0.3, 0.4) is 0 Å². The van der Waals surface area contributed by atoms with Gasteiger partial charge in [-0.15, -0.1) is 0 Å². The molecule has 0 radical (unpaired) electrons. The van der Waals surface area contributed by atoms with Gasteiger partial charge in [-0.3, -0.25) is 9.59 Å². The Hall–Kier alpha value is -2.80. The zero-order valence-electron chi connectivity index (χ0n) is 14.4. The van der Waals surface area contributed by atoms with Gasteiger partial charge in [-0.05, 0) is 30.2 Å². The standard InChI is InChI=1S/C19H20F2N2O3/c1-2-26-12-14-6-4-3-5-13(14)10-22-18(24)11-23-19(25)15-7-16(20)9-17(21)8-15/h3-9H,2,10-12H2,1H3,(H,22,24)(H,23,25). The number of halogens is 2. The highest BCUT2D eigenvalue weighted by Crippen LogP contribution is 2.10. The largest absolute Gasteiger partial charge is 0.377 e. The molecule has 2 amide bonds. The molecule has 0 unspecified atom stereocenters. The Bertz CT molecular complexity index is 761. The van der Waals surface area contributed by atoms with Crippen LogP contribution >= 0.6 is 0 Å². The number of hydrogen-bond donors (Lipinski definition) is 2. The summed E-state index contributed by atoms with van der Waals surface area (Å²) in [6.07, 6.45) is 0. The zero-order valence-corrected chi connectivity index (χ0v) is 14.4. The van der Waals surface area contributed by atoms with Gasteiger partial charge in [0.1, 0.15) is 11.6 Å². The number of nitrogens with one attached hydrogen (secondary N) is 2. The van der Waals surface area contributed by atoms with E-state index in [-0.39, 0.29) is 18.7 Å². The van der Waals surface area contributed by atoms with Crippen LogP contribution < -0.4 is 10.6 Å². The summed E-state index contributed by atoms with van der Waals surface area (Å²) in [5.74, 6) is -2.85. The average Bonchev–Trinajstić information content (AvgIpc) is 2.62. The molecule has 0 aromatic heterocycles. The number of benzene rings is 2. The fraction of sp³-hybridized carbons (Fsp3) is 0.263. The summed E-state index contributed by atoms with van der Waals surface area (Å²) >= 11 is 0. The van der Waals surface area contributed by atoms with E-state index in [9.17, 15) is 18.4 Å². The molecule has 7 heteroatoms. The lowest BCUT2D eigenvalue weighted by atomic mass is 10.1. The van der Waals surface area contributed by atoms with Crippen molar-refractivity contribution >= 4 is 11.8 Å². The lowest BCUT2D eigenvalue weighted by molar-refractivity contribution is -0.120. The molecule has 0 bridgehead atoms. The lowest BCUT2D eigenvalue weighted by Crippen LogP contribution is -2.36. The van der Waals surface area contributed by atoms with Crippen molar-refractivity contribution in [3.63, 3.8) is 0 Å². The maximum absolute atomic E-state index is 13.1. The van der Waals surface area contributed by atoms with Gasteiger partial charge in [-0.2, -0.15) is 0 Å². The van der Waals surface area contributed by atoms with Gasteiger partial charge in [-0.1, -0.05) is 24.3 Å². The summed E-state index contributed by atoms with van der Waals surface area (Å²) in [4.78, 5) is 23.8. The average molecular weight is 362 g/mol. The van der Waals surface area contributed by atoms with Crippen molar-refractivity contribution in [2.24, 2.45) is 0 Å². The minimum absolute atomic E-state index is 0.183. The number of rotatable bonds is 8. The molecule has 2 aromatic rings. The van der Waals surface area contributed by atoms with Crippen molar-refractivity contribution < 1.29 is 23.1 Å². The van der Waals surface area contributed by atoms with Crippen LogP contribution in [0.15, 0.2) is 42.5 Å². The van der Waals surface area contributed by atoms with Crippen LogP contribution in [-0.2, 0) is 22.7 Å². The van der Waals surface area contributed by atoms with Crippen LogP contribution in [0.25, 0.3) is 0 Å². The van der Waals surface area contributed by atoms with Gasteiger partial charge in [0.25, 0.3) is 5.91 Å². The summed E-state index contributed by atoms with van der Waals surface area (Å²) in [6, 6.07) is 10.0. The maximum atomic E-state index is 13.1. The smallest absolute Gasteiger partial charge is 0.251 e. The molecule has 26 heavy (non-hydrogen) atoms. The van der Waals surface area contributed by atoms with Crippen LogP contribution in [0.1, 0.15) is 28.4 Å². The van der Waals surface area contributed by atoms with E-state index in [0.717, 1.165) is 23.3 Å². The van der Waals surface area contributed by atoms with Crippen LogP contribution in [-0.4, -0.2) is 25.0 Å². The maximum Gasteiger partial charge on any atom is 0.251 e. The number of carbonyl (C=O) groups excluding carboxylic acids is 2. The van der Waals surface area contributed by atoms with Gasteiger partial charge < -0.3 is 15.4 Å². The van der Waals surface area contributed by atoms with E-state index in [4.69, 9.17) is 4.74 Å². The first-order valence-electron chi connectivity index (χ1n) is 8.15. The SMILES string of the molecule is CCOCc1ccccc1CNC(=O)CNC(=O)c1cc(F)cc(F)c1. The molecule has 0 fully saturated rings. The Morgan fingerprint density at radius 2 is 1.65 bits per heavy atom. The monoisotopic (exact) mass is 362 g/mol. The third kappa shape index (κ3) is 5.93. The Morgan fingerprint density at radius 1 is 1.00 bits per heavy atom. The van der Waals surface area contributed by atoms with E-state index in [1.807, 2.05) is 31.2 Å². The lowest BCUT2D eigenvalue weighted by Gasteiger charge is -2.11. The molecule has 0 saturated carbocycles. The highest BCUT2D eigenvalue weighted by molar-refractivity contribution is 5.96. The van der Waals surface area contributed by atoms with E-state index in [0.29, 0.717) is 19.3 Å². The highest BCUT2D eigenvalue weighted by atomic mass is 19.1. The van der Waals surface area contributed by atoms with Gasteiger partial charge in [0.15, 0.2) is 0 Å². The molecule has 138 valence electrons. The van der Waals surface area contributed by atoms with Crippen molar-refractivity contribution in [2.45, 2.75) is 20.1 Å². The first-order chi connectivity index (χ1) is 12.5. The van der Waals surface area contributed by atoms with E-state index < -0.39 is 23.4 Å². The topological polar surface area (TPSA) is 67.4 Å². The van der Waals surface area contributed by atoms with E-state index in [1.54, 1.807) is 0 Å². The second-order valence-electron chi connectivity index (χ2n) is 5.52. The molecule has 0 saturated heterocycles. The predicted octanol–water partition coefficient (Wildman–Crippen LogP) is 2.55. The normalized spacial score (nSPS) is 10.4. The Labute approximate surface area is 150 Å². The molecule has 2 N–H and O–H groups in total. The third-order valence-corrected chi connectivity index (χ3v) is 3.59. The van der Waals surface area contributed by atoms with Gasteiger partial charge in [0.05, 0.1) is 13.2 Å². The molecule has 0 aliphatic rings. The second kappa shape index (κ2) is 9.62. The summed E-state index contributed by atoms with van der Waals surface area (Å²) in [6.45, 7) is 2.92. The fourth-order valence-corrected chi connectivity index (χ4v) is 2.29. The van der Waals surface area contributed by atoms with E-state index in [2.05, 4.69) is 10.6 Å². The van der Waals surface area contributed by atoms with Crippen LogP contribution in [0.5, 0.6) is 0 Å². The van der Waals surface area contributed by atoms with Crippen molar-refractivity contribution in [3.8, 4) is 0 Å². The van der Waals surface area contributed by atoms with Gasteiger partial charge >= 0.3 is 0 Å². The van der Waals surface area contributed by atoms with E-state index >= 15 is 0 Å². The summed E-state index contributed by atoms with van der Waals surface area (Å²) in [5, 5.41) is 5.02. The van der Waals surface area contributed by atoms with Gasteiger partial charge in [0, 0.05) is 24.8 Å². The summed E-state index contributed by atoms with van der Waals surface area (Å²) in [5.41, 5.74) is 1.69. The fourth-order valence-electron chi connectivity index (χ4n) is 2.29. The first-order valence-corrected chi connectivity index (χ1v) is 8.15. The zero-order chi connectivity index (χ0) is 18.9. The molecule has 0 spiro atoms. The minimum Gasteiger partial charge on any atom is -0.377 e. The number of amides is 2. The molecule has 0 aliphatic heterocycles. The van der Waals surface area contributed by atoms with Crippen LogP contribution in [0, 0.1) is 11.6 Å². The van der Waals surface area contributed by atoms with Gasteiger partial charge in [-0.25, -0.2) is 8.78 Å². The third-order valence-electron chi connectivity index (χ3n) is 3.59. The molecule has 0 atom stereocenters. The van der Waals surface area contributed by atoms with Crippen LogP contribution in [0.2, 0.25) is 0 Å². The summed E-state index contributed by atoms with van der Waals surface area (Å²) < 4.78 is 31.6.